The minimum absolute atomic E-state index is 0.0900. The van der Waals surface area contributed by atoms with Crippen LogP contribution in [0.1, 0.15) is 17.5 Å². The maximum Gasteiger partial charge on any atom is 0.246 e. The van der Waals surface area contributed by atoms with Gasteiger partial charge in [-0.1, -0.05) is 36.4 Å². The SMILES string of the molecule is N#CCC(=O)CN1C(=O)C2(COc3ccccc32)c2ccccc21. The lowest BCUT2D eigenvalue weighted by Gasteiger charge is -2.22. The molecule has 118 valence electrons. The van der Waals surface area contributed by atoms with E-state index in [4.69, 9.17) is 10.00 Å². The summed E-state index contributed by atoms with van der Waals surface area (Å²) in [6.07, 6.45) is -0.202. The van der Waals surface area contributed by atoms with Crippen LogP contribution in [0.4, 0.5) is 5.69 Å². The Kier molecular flexibility index (Phi) is 3.14. The van der Waals surface area contributed by atoms with Crippen LogP contribution in [-0.2, 0) is 15.0 Å². The summed E-state index contributed by atoms with van der Waals surface area (Å²) >= 11 is 0. The molecule has 0 fully saturated rings. The molecule has 0 saturated carbocycles. The summed E-state index contributed by atoms with van der Waals surface area (Å²) in [6.45, 7) is 0.137. The molecule has 5 nitrogen and oxygen atoms in total. The number of fused-ring (bicyclic) bond motifs is 4. The summed E-state index contributed by atoms with van der Waals surface area (Å²) in [5.41, 5.74) is 1.50. The Bertz CT molecular complexity index is 899. The fraction of sp³-hybridized carbons (Fsp3) is 0.211. The number of rotatable bonds is 3. The van der Waals surface area contributed by atoms with Gasteiger partial charge in [-0.3, -0.25) is 9.59 Å². The Morgan fingerprint density at radius 3 is 2.67 bits per heavy atom. The van der Waals surface area contributed by atoms with Crippen molar-refractivity contribution in [3.05, 3.63) is 59.7 Å². The van der Waals surface area contributed by atoms with E-state index < -0.39 is 5.41 Å². The first kappa shape index (κ1) is 14.5. The van der Waals surface area contributed by atoms with Crippen molar-refractivity contribution in [1.82, 2.24) is 0 Å². The predicted octanol–water partition coefficient (Wildman–Crippen LogP) is 2.19. The molecule has 2 aromatic rings. The van der Waals surface area contributed by atoms with Crippen LogP contribution < -0.4 is 9.64 Å². The van der Waals surface area contributed by atoms with E-state index >= 15 is 0 Å². The van der Waals surface area contributed by atoms with Crippen molar-refractivity contribution in [1.29, 1.82) is 5.26 Å². The molecule has 4 rings (SSSR count). The smallest absolute Gasteiger partial charge is 0.246 e. The van der Waals surface area contributed by atoms with Gasteiger partial charge in [-0.15, -0.1) is 0 Å². The standard InChI is InChI=1S/C19H14N2O3/c20-10-9-13(22)11-21-16-7-3-1-5-14(16)19(18(21)23)12-24-17-8-4-2-6-15(17)19/h1-8H,9,11-12H2. The third-order valence-electron chi connectivity index (χ3n) is 4.67. The number of ketones is 1. The molecule has 0 bridgehead atoms. The topological polar surface area (TPSA) is 70.4 Å². The van der Waals surface area contributed by atoms with Crippen molar-refractivity contribution < 1.29 is 14.3 Å². The lowest BCUT2D eigenvalue weighted by Crippen LogP contribution is -2.44. The van der Waals surface area contributed by atoms with Crippen molar-refractivity contribution in [3.8, 4) is 11.8 Å². The van der Waals surface area contributed by atoms with E-state index in [2.05, 4.69) is 0 Å². The van der Waals surface area contributed by atoms with Crippen molar-refractivity contribution in [2.45, 2.75) is 11.8 Å². The zero-order chi connectivity index (χ0) is 16.7. The van der Waals surface area contributed by atoms with Gasteiger partial charge < -0.3 is 9.64 Å². The van der Waals surface area contributed by atoms with Crippen LogP contribution in [0.3, 0.4) is 0 Å². The fourth-order valence-electron chi connectivity index (χ4n) is 3.61. The van der Waals surface area contributed by atoms with E-state index in [9.17, 15) is 9.59 Å². The first-order valence-corrected chi connectivity index (χ1v) is 7.71. The van der Waals surface area contributed by atoms with Crippen LogP contribution in [-0.4, -0.2) is 24.8 Å². The normalized spacial score (nSPS) is 20.5. The number of para-hydroxylation sites is 2. The maximum absolute atomic E-state index is 13.3. The number of carbonyl (C=O) groups excluding carboxylic acids is 2. The van der Waals surface area contributed by atoms with Gasteiger partial charge in [-0.25, -0.2) is 0 Å². The molecule has 2 aromatic carbocycles. The summed E-state index contributed by atoms with van der Waals surface area (Å²) in [7, 11) is 0. The molecule has 1 atom stereocenters. The predicted molar refractivity (Wildman–Crippen MR) is 86.7 cm³/mol. The van der Waals surface area contributed by atoms with Gasteiger partial charge in [0, 0.05) is 11.3 Å². The summed E-state index contributed by atoms with van der Waals surface area (Å²) in [4.78, 5) is 26.7. The molecule has 2 aliphatic heterocycles. The average Bonchev–Trinajstić information content (AvgIpc) is 3.09. The molecule has 24 heavy (non-hydrogen) atoms. The average molecular weight is 318 g/mol. The van der Waals surface area contributed by atoms with Crippen molar-refractivity contribution in [3.63, 3.8) is 0 Å². The van der Waals surface area contributed by atoms with E-state index in [1.807, 2.05) is 54.6 Å². The number of Topliss-reactive ketones (excluding diaryl/α,β-unsaturated/α-hetero) is 1. The molecule has 0 N–H and O–H groups in total. The molecule has 5 heteroatoms. The van der Waals surface area contributed by atoms with Gasteiger partial charge in [0.15, 0.2) is 5.78 Å². The van der Waals surface area contributed by atoms with Crippen LogP contribution in [0.15, 0.2) is 48.5 Å². The van der Waals surface area contributed by atoms with Crippen LogP contribution >= 0.6 is 0 Å². The monoisotopic (exact) mass is 318 g/mol. The Morgan fingerprint density at radius 2 is 1.88 bits per heavy atom. The molecular formula is C19H14N2O3. The van der Waals surface area contributed by atoms with E-state index in [0.29, 0.717) is 11.4 Å². The van der Waals surface area contributed by atoms with Gasteiger partial charge >= 0.3 is 0 Å². The van der Waals surface area contributed by atoms with Crippen molar-refractivity contribution in [2.75, 3.05) is 18.1 Å². The Hall–Kier alpha value is -3.13. The second kappa shape index (κ2) is 5.20. The van der Waals surface area contributed by atoms with Crippen LogP contribution in [0, 0.1) is 11.3 Å². The van der Waals surface area contributed by atoms with Crippen LogP contribution in [0.5, 0.6) is 5.75 Å². The first-order chi connectivity index (χ1) is 11.7. The number of hydrogen-bond donors (Lipinski definition) is 0. The molecule has 0 aromatic heterocycles. The highest BCUT2D eigenvalue weighted by Crippen LogP contribution is 2.51. The highest BCUT2D eigenvalue weighted by Gasteiger charge is 2.56. The fourth-order valence-corrected chi connectivity index (χ4v) is 3.61. The van der Waals surface area contributed by atoms with Gasteiger partial charge in [0.05, 0.1) is 19.0 Å². The molecule has 1 spiro atoms. The molecular weight excluding hydrogens is 304 g/mol. The van der Waals surface area contributed by atoms with E-state index in [-0.39, 0.29) is 31.3 Å². The summed E-state index contributed by atoms with van der Waals surface area (Å²) in [6, 6.07) is 16.8. The maximum atomic E-state index is 13.3. The van der Waals surface area contributed by atoms with Gasteiger partial charge in [0.2, 0.25) is 5.91 Å². The van der Waals surface area contributed by atoms with Gasteiger partial charge in [0.25, 0.3) is 0 Å². The van der Waals surface area contributed by atoms with Gasteiger partial charge in [-0.05, 0) is 17.7 Å². The summed E-state index contributed by atoms with van der Waals surface area (Å²) < 4.78 is 5.78. The molecule has 1 amide bonds. The number of benzene rings is 2. The molecule has 0 aliphatic carbocycles. The van der Waals surface area contributed by atoms with E-state index in [1.54, 1.807) is 0 Å². The number of hydrogen-bond acceptors (Lipinski definition) is 4. The largest absolute Gasteiger partial charge is 0.491 e. The Balaban J connectivity index is 1.86. The second-order valence-corrected chi connectivity index (χ2v) is 5.97. The van der Waals surface area contributed by atoms with Crippen molar-refractivity contribution >= 4 is 17.4 Å². The minimum Gasteiger partial charge on any atom is -0.491 e. The first-order valence-electron chi connectivity index (χ1n) is 7.71. The van der Waals surface area contributed by atoms with Crippen LogP contribution in [0.2, 0.25) is 0 Å². The second-order valence-electron chi connectivity index (χ2n) is 5.97. The summed E-state index contributed by atoms with van der Waals surface area (Å²) in [5.74, 6) is 0.260. The van der Waals surface area contributed by atoms with Gasteiger partial charge in [-0.2, -0.15) is 5.26 Å². The number of anilines is 1. The summed E-state index contributed by atoms with van der Waals surface area (Å²) in [5, 5.41) is 8.71. The zero-order valence-electron chi connectivity index (χ0n) is 12.9. The highest BCUT2D eigenvalue weighted by atomic mass is 16.5. The highest BCUT2D eigenvalue weighted by molar-refractivity contribution is 6.13. The van der Waals surface area contributed by atoms with E-state index in [0.717, 1.165) is 11.1 Å². The third kappa shape index (κ3) is 1.80. The Labute approximate surface area is 139 Å². The zero-order valence-corrected chi connectivity index (χ0v) is 12.9. The molecule has 1 unspecified atom stereocenters. The number of ether oxygens (including phenoxy) is 1. The van der Waals surface area contributed by atoms with Crippen LogP contribution in [0.25, 0.3) is 0 Å². The number of carbonyl (C=O) groups is 2. The number of amides is 1. The van der Waals surface area contributed by atoms with Crippen molar-refractivity contribution in [2.24, 2.45) is 0 Å². The minimum atomic E-state index is -0.903. The molecule has 0 saturated heterocycles. The molecule has 2 aliphatic rings. The van der Waals surface area contributed by atoms with Gasteiger partial charge in [0.1, 0.15) is 17.8 Å². The third-order valence-corrected chi connectivity index (χ3v) is 4.67. The molecule has 0 radical (unpaired) electrons. The van der Waals surface area contributed by atoms with E-state index in [1.165, 1.54) is 4.90 Å². The number of nitrogens with zero attached hydrogens (tertiary/aromatic N) is 2. The lowest BCUT2D eigenvalue weighted by molar-refractivity contribution is -0.124. The Morgan fingerprint density at radius 1 is 1.17 bits per heavy atom. The molecule has 2 heterocycles. The number of nitriles is 1. The quantitative estimate of drug-likeness (QED) is 0.870. The lowest BCUT2D eigenvalue weighted by atomic mass is 9.77.